The summed E-state index contributed by atoms with van der Waals surface area (Å²) in [4.78, 5) is 23.1. The van der Waals surface area contributed by atoms with E-state index in [1.165, 1.54) is 0 Å². The predicted octanol–water partition coefficient (Wildman–Crippen LogP) is 2.90. The molecule has 0 saturated heterocycles. The van der Waals surface area contributed by atoms with Gasteiger partial charge in [-0.1, -0.05) is 20.8 Å². The van der Waals surface area contributed by atoms with Crippen molar-refractivity contribution in [1.82, 2.24) is 14.9 Å². The largest absolute Gasteiger partial charge is 0.382 e. The first-order valence-electron chi connectivity index (χ1n) is 7.30. The first-order chi connectivity index (χ1) is 9.42. The van der Waals surface area contributed by atoms with Gasteiger partial charge in [-0.3, -0.25) is 4.79 Å². The van der Waals surface area contributed by atoms with E-state index in [1.807, 2.05) is 34.7 Å². The highest BCUT2D eigenvalue weighted by Crippen LogP contribution is 2.18. The Kier molecular flexibility index (Phi) is 5.92. The number of rotatable bonds is 6. The molecule has 0 aliphatic rings. The number of carbonyl (C=O) groups excluding carboxylic acids is 1. The first kappa shape index (κ1) is 16.4. The fourth-order valence-corrected chi connectivity index (χ4v) is 1.80. The van der Waals surface area contributed by atoms with Crippen LogP contribution in [0.1, 0.15) is 63.3 Å². The second-order valence-corrected chi connectivity index (χ2v) is 5.35. The van der Waals surface area contributed by atoms with Crippen LogP contribution in [0.4, 0.5) is 5.69 Å². The van der Waals surface area contributed by atoms with Crippen LogP contribution < -0.4 is 5.32 Å². The van der Waals surface area contributed by atoms with Gasteiger partial charge in [0.15, 0.2) is 5.69 Å². The summed E-state index contributed by atoms with van der Waals surface area (Å²) in [6.07, 6.45) is 2.63. The molecule has 1 aromatic heterocycles. The van der Waals surface area contributed by atoms with Crippen molar-refractivity contribution in [3.8, 4) is 0 Å². The summed E-state index contributed by atoms with van der Waals surface area (Å²) in [5.74, 6) is 0.846. The van der Waals surface area contributed by atoms with Crippen molar-refractivity contribution >= 4 is 11.6 Å². The molecule has 0 saturated carbocycles. The molecule has 0 aliphatic carbocycles. The lowest BCUT2D eigenvalue weighted by atomic mass is 10.1. The summed E-state index contributed by atoms with van der Waals surface area (Å²) in [5, 5.41) is 3.16. The normalized spacial score (nSPS) is 12.3. The minimum Gasteiger partial charge on any atom is -0.382 e. The van der Waals surface area contributed by atoms with Crippen LogP contribution in [0.3, 0.4) is 0 Å². The van der Waals surface area contributed by atoms with Crippen LogP contribution in [0.5, 0.6) is 0 Å². The van der Waals surface area contributed by atoms with E-state index < -0.39 is 0 Å². The zero-order valence-corrected chi connectivity index (χ0v) is 13.4. The molecule has 0 bridgehead atoms. The van der Waals surface area contributed by atoms with Gasteiger partial charge >= 0.3 is 0 Å². The number of nitrogens with zero attached hydrogens (tertiary/aromatic N) is 3. The monoisotopic (exact) mass is 278 g/mol. The van der Waals surface area contributed by atoms with E-state index in [0.29, 0.717) is 17.2 Å². The van der Waals surface area contributed by atoms with Crippen LogP contribution in [-0.4, -0.2) is 40.4 Å². The van der Waals surface area contributed by atoms with Crippen LogP contribution in [-0.2, 0) is 0 Å². The molecule has 1 rings (SSSR count). The predicted molar refractivity (Wildman–Crippen MR) is 82.1 cm³/mol. The van der Waals surface area contributed by atoms with Gasteiger partial charge in [0.05, 0.1) is 11.9 Å². The summed E-state index contributed by atoms with van der Waals surface area (Å²) in [5.41, 5.74) is 1.17. The summed E-state index contributed by atoms with van der Waals surface area (Å²) in [6.45, 7) is 10.9. The van der Waals surface area contributed by atoms with E-state index in [-0.39, 0.29) is 17.9 Å². The lowest BCUT2D eigenvalue weighted by Gasteiger charge is -2.24. The number of hydrogen-bond acceptors (Lipinski definition) is 4. The zero-order valence-electron chi connectivity index (χ0n) is 13.4. The van der Waals surface area contributed by atoms with Crippen LogP contribution >= 0.6 is 0 Å². The number of nitrogens with one attached hydrogen (secondary N) is 1. The Bertz CT molecular complexity index is 459. The van der Waals surface area contributed by atoms with Crippen LogP contribution in [0, 0.1) is 0 Å². The molecular weight excluding hydrogens is 252 g/mol. The Balaban J connectivity index is 3.17. The first-order valence-corrected chi connectivity index (χ1v) is 7.30. The maximum atomic E-state index is 12.6. The molecule has 0 spiro atoms. The van der Waals surface area contributed by atoms with Crippen molar-refractivity contribution in [2.45, 2.75) is 53.0 Å². The number of anilines is 1. The molecule has 1 N–H and O–H groups in total. The van der Waals surface area contributed by atoms with Gasteiger partial charge in [-0.05, 0) is 20.3 Å². The molecule has 5 heteroatoms. The van der Waals surface area contributed by atoms with Gasteiger partial charge in [0.2, 0.25) is 0 Å². The van der Waals surface area contributed by atoms with Crippen molar-refractivity contribution in [3.63, 3.8) is 0 Å². The molecular formula is C15H26N4O. The fourth-order valence-electron chi connectivity index (χ4n) is 1.80. The Morgan fingerprint density at radius 1 is 1.35 bits per heavy atom. The summed E-state index contributed by atoms with van der Waals surface area (Å²) in [7, 11) is 1.82. The Hall–Kier alpha value is -1.65. The highest BCUT2D eigenvalue weighted by molar-refractivity contribution is 5.97. The second kappa shape index (κ2) is 7.22. The Labute approximate surface area is 121 Å². The van der Waals surface area contributed by atoms with Gasteiger partial charge in [-0.15, -0.1) is 0 Å². The van der Waals surface area contributed by atoms with Gasteiger partial charge in [-0.25, -0.2) is 9.97 Å². The minimum absolute atomic E-state index is 0.0559. The molecule has 0 aromatic carbocycles. The third kappa shape index (κ3) is 3.68. The number of amides is 1. The molecule has 112 valence electrons. The van der Waals surface area contributed by atoms with Crippen LogP contribution in [0.2, 0.25) is 0 Å². The molecule has 0 radical (unpaired) electrons. The third-order valence-corrected chi connectivity index (χ3v) is 3.47. The maximum Gasteiger partial charge on any atom is 0.274 e. The minimum atomic E-state index is -0.0559. The standard InChI is InChI=1S/C15H26N4O/c1-7-11(5)19(6)15(20)13-12(16-8-2)9-17-14(18-13)10(3)4/h9-11,16H,7-8H2,1-6H3. The van der Waals surface area contributed by atoms with E-state index in [2.05, 4.69) is 22.2 Å². The van der Waals surface area contributed by atoms with Gasteiger partial charge in [0, 0.05) is 25.6 Å². The fraction of sp³-hybridized carbons (Fsp3) is 0.667. The topological polar surface area (TPSA) is 58.1 Å². The average molecular weight is 278 g/mol. The molecule has 20 heavy (non-hydrogen) atoms. The van der Waals surface area contributed by atoms with Crippen molar-refractivity contribution in [2.75, 3.05) is 18.9 Å². The molecule has 1 unspecified atom stereocenters. The molecule has 1 heterocycles. The molecule has 0 fully saturated rings. The van der Waals surface area contributed by atoms with Crippen molar-refractivity contribution < 1.29 is 4.79 Å². The Morgan fingerprint density at radius 3 is 2.50 bits per heavy atom. The number of hydrogen-bond donors (Lipinski definition) is 1. The lowest BCUT2D eigenvalue weighted by Crippen LogP contribution is -2.35. The van der Waals surface area contributed by atoms with Gasteiger partial charge in [0.25, 0.3) is 5.91 Å². The van der Waals surface area contributed by atoms with Gasteiger partial charge in [-0.2, -0.15) is 0 Å². The van der Waals surface area contributed by atoms with Crippen LogP contribution in [0.15, 0.2) is 6.20 Å². The molecule has 1 atom stereocenters. The zero-order chi connectivity index (χ0) is 15.3. The Morgan fingerprint density at radius 2 is 2.00 bits per heavy atom. The highest BCUT2D eigenvalue weighted by Gasteiger charge is 2.22. The van der Waals surface area contributed by atoms with Crippen molar-refractivity contribution in [1.29, 1.82) is 0 Å². The number of aromatic nitrogens is 2. The lowest BCUT2D eigenvalue weighted by molar-refractivity contribution is 0.0735. The molecule has 0 aliphatic heterocycles. The summed E-state index contributed by atoms with van der Waals surface area (Å²) >= 11 is 0. The number of carbonyl (C=O) groups is 1. The van der Waals surface area contributed by atoms with Gasteiger partial charge < -0.3 is 10.2 Å². The van der Waals surface area contributed by atoms with Crippen LogP contribution in [0.25, 0.3) is 0 Å². The summed E-state index contributed by atoms with van der Waals surface area (Å²) in [6, 6.07) is 0.189. The molecule has 5 nitrogen and oxygen atoms in total. The smallest absolute Gasteiger partial charge is 0.274 e. The second-order valence-electron chi connectivity index (χ2n) is 5.35. The van der Waals surface area contributed by atoms with E-state index in [0.717, 1.165) is 13.0 Å². The van der Waals surface area contributed by atoms with E-state index >= 15 is 0 Å². The molecule has 1 amide bonds. The maximum absolute atomic E-state index is 12.6. The third-order valence-electron chi connectivity index (χ3n) is 3.47. The summed E-state index contributed by atoms with van der Waals surface area (Å²) < 4.78 is 0. The molecule has 1 aromatic rings. The van der Waals surface area contributed by atoms with E-state index in [9.17, 15) is 4.79 Å². The van der Waals surface area contributed by atoms with E-state index in [1.54, 1.807) is 11.1 Å². The van der Waals surface area contributed by atoms with Crippen molar-refractivity contribution in [3.05, 3.63) is 17.7 Å². The van der Waals surface area contributed by atoms with Gasteiger partial charge in [0.1, 0.15) is 5.82 Å². The average Bonchev–Trinajstić information content (AvgIpc) is 2.45. The van der Waals surface area contributed by atoms with E-state index in [4.69, 9.17) is 0 Å². The highest BCUT2D eigenvalue weighted by atomic mass is 16.2. The van der Waals surface area contributed by atoms with Crippen molar-refractivity contribution in [2.24, 2.45) is 0 Å². The quantitative estimate of drug-likeness (QED) is 0.869. The SMILES string of the molecule is CCNc1cnc(C(C)C)nc1C(=O)N(C)C(C)CC.